The number of hydrogen-bond donors (Lipinski definition) is 1. The molecule has 0 saturated carbocycles. The fourth-order valence-corrected chi connectivity index (χ4v) is 3.39. The van der Waals surface area contributed by atoms with Crippen molar-refractivity contribution in [1.82, 2.24) is 19.5 Å². The van der Waals surface area contributed by atoms with Crippen molar-refractivity contribution in [3.05, 3.63) is 70.9 Å². The van der Waals surface area contributed by atoms with Crippen LogP contribution in [-0.2, 0) is 6.54 Å². The van der Waals surface area contributed by atoms with E-state index in [1.165, 1.54) is 12.4 Å². The predicted octanol–water partition coefficient (Wildman–Crippen LogP) is 2.03. The lowest BCUT2D eigenvalue weighted by Crippen LogP contribution is -2.45. The van der Waals surface area contributed by atoms with Crippen LogP contribution in [0.2, 0.25) is 0 Å². The molecule has 27 heavy (non-hydrogen) atoms. The molecule has 0 aliphatic carbocycles. The largest absolute Gasteiger partial charge is 0.387 e. The quantitative estimate of drug-likeness (QED) is 0.764. The van der Waals surface area contributed by atoms with Crippen LogP contribution in [0.1, 0.15) is 25.0 Å². The summed E-state index contributed by atoms with van der Waals surface area (Å²) in [6.07, 6.45) is 3.22. The van der Waals surface area contributed by atoms with E-state index in [4.69, 9.17) is 4.98 Å². The van der Waals surface area contributed by atoms with E-state index in [1.54, 1.807) is 16.8 Å². The molecule has 1 aliphatic heterocycles. The zero-order valence-corrected chi connectivity index (χ0v) is 15.1. The van der Waals surface area contributed by atoms with Crippen molar-refractivity contribution >= 4 is 5.95 Å². The number of nitrogens with zero attached hydrogens (tertiary/aromatic N) is 5. The van der Waals surface area contributed by atoms with Gasteiger partial charge in [-0.05, 0) is 25.0 Å². The molecule has 0 spiro atoms. The first kappa shape index (κ1) is 17.4. The first-order chi connectivity index (χ1) is 13.1. The minimum Gasteiger partial charge on any atom is -0.387 e. The zero-order valence-electron chi connectivity index (χ0n) is 15.1. The molecule has 138 valence electrons. The lowest BCUT2D eigenvalue weighted by atomic mass is 10.1. The Morgan fingerprint density at radius 1 is 1.22 bits per heavy atom. The predicted molar refractivity (Wildman–Crippen MR) is 102 cm³/mol. The minimum atomic E-state index is -0.667. The van der Waals surface area contributed by atoms with E-state index in [2.05, 4.69) is 16.9 Å². The second-order valence-corrected chi connectivity index (χ2v) is 6.74. The maximum Gasteiger partial charge on any atom is 0.255 e. The highest BCUT2D eigenvalue weighted by molar-refractivity contribution is 5.55. The van der Waals surface area contributed by atoms with Crippen LogP contribution >= 0.6 is 0 Å². The van der Waals surface area contributed by atoms with E-state index in [0.717, 1.165) is 12.0 Å². The number of aromatic nitrogens is 4. The fourth-order valence-electron chi connectivity index (χ4n) is 3.39. The Labute approximate surface area is 157 Å². The van der Waals surface area contributed by atoms with Gasteiger partial charge < -0.3 is 10.0 Å². The maximum atomic E-state index is 12.7. The molecular weight excluding hydrogens is 342 g/mol. The van der Waals surface area contributed by atoms with Crippen LogP contribution < -0.4 is 10.5 Å². The molecule has 0 amide bonds. The van der Waals surface area contributed by atoms with E-state index >= 15 is 0 Å². The number of aliphatic hydroxyl groups is 1. The van der Waals surface area contributed by atoms with Gasteiger partial charge >= 0.3 is 0 Å². The van der Waals surface area contributed by atoms with Gasteiger partial charge in [0.05, 0.1) is 24.0 Å². The van der Waals surface area contributed by atoms with E-state index < -0.39 is 6.10 Å². The van der Waals surface area contributed by atoms with Gasteiger partial charge in [-0.2, -0.15) is 0 Å². The Morgan fingerprint density at radius 3 is 2.78 bits per heavy atom. The summed E-state index contributed by atoms with van der Waals surface area (Å²) in [5, 5.41) is 10.7. The van der Waals surface area contributed by atoms with E-state index in [1.807, 2.05) is 35.2 Å². The second kappa shape index (κ2) is 7.28. The van der Waals surface area contributed by atoms with Crippen LogP contribution in [0.15, 0.2) is 59.8 Å². The van der Waals surface area contributed by atoms with Gasteiger partial charge in [0.2, 0.25) is 5.95 Å². The molecule has 4 rings (SSSR count). The van der Waals surface area contributed by atoms with Crippen LogP contribution in [0.5, 0.6) is 0 Å². The highest BCUT2D eigenvalue weighted by Gasteiger charge is 2.28. The third-order valence-corrected chi connectivity index (χ3v) is 4.95. The monoisotopic (exact) mass is 363 g/mol. The molecule has 3 heterocycles. The summed E-state index contributed by atoms with van der Waals surface area (Å²) >= 11 is 0. The van der Waals surface area contributed by atoms with Gasteiger partial charge in [0.25, 0.3) is 5.56 Å². The van der Waals surface area contributed by atoms with Crippen LogP contribution in [0.3, 0.4) is 0 Å². The van der Waals surface area contributed by atoms with Crippen molar-refractivity contribution in [1.29, 1.82) is 0 Å². The van der Waals surface area contributed by atoms with Crippen molar-refractivity contribution in [3.8, 4) is 11.4 Å². The van der Waals surface area contributed by atoms with Crippen molar-refractivity contribution in [3.63, 3.8) is 0 Å². The van der Waals surface area contributed by atoms with Gasteiger partial charge in [0.15, 0.2) is 0 Å². The molecule has 3 aromatic rings. The average molecular weight is 363 g/mol. The normalized spacial score (nSPS) is 17.4. The van der Waals surface area contributed by atoms with Gasteiger partial charge in [-0.25, -0.2) is 15.0 Å². The number of aliphatic hydroxyl groups excluding tert-OH is 1. The third kappa shape index (κ3) is 3.46. The maximum absolute atomic E-state index is 12.7. The van der Waals surface area contributed by atoms with Crippen LogP contribution in [-0.4, -0.2) is 37.2 Å². The highest BCUT2D eigenvalue weighted by atomic mass is 16.3. The molecule has 1 aromatic carbocycles. The smallest absolute Gasteiger partial charge is 0.255 e. The summed E-state index contributed by atoms with van der Waals surface area (Å²) < 4.78 is 1.67. The standard InChI is InChI=1S/C20H21N5O2/c1-14-8-10-24-19(27)11-17(16-7-9-21-13-22-16)23-20(24)25(14)12-18(26)15-5-3-2-4-6-15/h2-7,9,11,13-14,18,26H,8,10,12H2,1H3. The molecule has 0 fully saturated rings. The molecule has 2 atom stereocenters. The average Bonchev–Trinajstić information content (AvgIpc) is 2.71. The van der Waals surface area contributed by atoms with Crippen LogP contribution in [0.4, 0.5) is 5.95 Å². The van der Waals surface area contributed by atoms with Crippen molar-refractivity contribution in [2.45, 2.75) is 32.0 Å². The number of rotatable bonds is 4. The van der Waals surface area contributed by atoms with Gasteiger partial charge in [-0.3, -0.25) is 9.36 Å². The lowest BCUT2D eigenvalue weighted by molar-refractivity contribution is 0.177. The Morgan fingerprint density at radius 2 is 2.04 bits per heavy atom. The molecule has 7 heteroatoms. The molecule has 7 nitrogen and oxygen atoms in total. The molecule has 2 unspecified atom stereocenters. The molecule has 0 radical (unpaired) electrons. The van der Waals surface area contributed by atoms with Crippen molar-refractivity contribution in [2.75, 3.05) is 11.4 Å². The summed E-state index contributed by atoms with van der Waals surface area (Å²) in [6.45, 7) is 3.07. The summed E-state index contributed by atoms with van der Waals surface area (Å²) in [5.74, 6) is 0.574. The van der Waals surface area contributed by atoms with Gasteiger partial charge in [-0.1, -0.05) is 30.3 Å². The summed E-state index contributed by atoms with van der Waals surface area (Å²) in [4.78, 5) is 27.5. The zero-order chi connectivity index (χ0) is 18.8. The Balaban J connectivity index is 1.72. The topological polar surface area (TPSA) is 84.1 Å². The number of fused-ring (bicyclic) bond motifs is 1. The first-order valence-corrected chi connectivity index (χ1v) is 9.01. The fraction of sp³-hybridized carbons (Fsp3) is 0.300. The van der Waals surface area contributed by atoms with Crippen molar-refractivity contribution < 1.29 is 5.11 Å². The molecule has 0 saturated heterocycles. The molecule has 2 aromatic heterocycles. The van der Waals surface area contributed by atoms with Gasteiger partial charge in [-0.15, -0.1) is 0 Å². The Bertz CT molecular complexity index is 975. The Hall–Kier alpha value is -3.06. The SMILES string of the molecule is CC1CCn2c(nc(-c3ccncn3)cc2=O)N1CC(O)c1ccccc1. The minimum absolute atomic E-state index is 0.111. The number of β-amino-alcohol motifs (C(OH)–C–C–N with tert-alkyl or cyclic N) is 1. The second-order valence-electron chi connectivity index (χ2n) is 6.74. The van der Waals surface area contributed by atoms with E-state index in [-0.39, 0.29) is 11.6 Å². The number of hydrogen-bond acceptors (Lipinski definition) is 6. The summed E-state index contributed by atoms with van der Waals surface area (Å²) in [5.41, 5.74) is 1.85. The van der Waals surface area contributed by atoms with Gasteiger partial charge in [0, 0.05) is 24.8 Å². The lowest BCUT2D eigenvalue weighted by Gasteiger charge is -2.37. The third-order valence-electron chi connectivity index (χ3n) is 4.95. The Kier molecular flexibility index (Phi) is 4.68. The van der Waals surface area contributed by atoms with Crippen molar-refractivity contribution in [2.24, 2.45) is 0 Å². The summed E-state index contributed by atoms with van der Waals surface area (Å²) in [6, 6.07) is 12.9. The molecule has 1 N–H and O–H groups in total. The molecule has 1 aliphatic rings. The van der Waals surface area contributed by atoms with E-state index in [9.17, 15) is 9.90 Å². The van der Waals surface area contributed by atoms with Gasteiger partial charge in [0.1, 0.15) is 6.33 Å². The molecular formula is C20H21N5O2. The number of anilines is 1. The first-order valence-electron chi connectivity index (χ1n) is 9.01. The summed E-state index contributed by atoms with van der Waals surface area (Å²) in [7, 11) is 0. The van der Waals surface area contributed by atoms with E-state index in [0.29, 0.717) is 30.4 Å². The highest BCUT2D eigenvalue weighted by Crippen LogP contribution is 2.26. The number of benzene rings is 1. The molecule has 0 bridgehead atoms. The van der Waals surface area contributed by atoms with Crippen LogP contribution in [0, 0.1) is 0 Å². The van der Waals surface area contributed by atoms with Crippen LogP contribution in [0.25, 0.3) is 11.4 Å².